The molecular weight excluding hydrogens is 272 g/mol. The lowest BCUT2D eigenvalue weighted by Gasteiger charge is -2.08. The third kappa shape index (κ3) is 5.47. The molecule has 0 unspecified atom stereocenters. The van der Waals surface area contributed by atoms with Gasteiger partial charge in [0.2, 0.25) is 0 Å². The summed E-state index contributed by atoms with van der Waals surface area (Å²) in [6.07, 6.45) is 5.59. The Hall–Kier alpha value is -1.13. The highest BCUT2D eigenvalue weighted by molar-refractivity contribution is 7.98. The minimum Gasteiger partial charge on any atom is -0.492 e. The minimum absolute atomic E-state index is 0.492. The van der Waals surface area contributed by atoms with Crippen LogP contribution in [0.25, 0.3) is 6.08 Å². The largest absolute Gasteiger partial charge is 0.492 e. The molecule has 5 heteroatoms. The van der Waals surface area contributed by atoms with Gasteiger partial charge in [-0.2, -0.15) is 11.8 Å². The summed E-state index contributed by atoms with van der Waals surface area (Å²) in [4.78, 5) is 10.4. The molecule has 0 aliphatic rings. The molecule has 1 aromatic carbocycles. The highest BCUT2D eigenvalue weighted by Crippen LogP contribution is 2.26. The van der Waals surface area contributed by atoms with Crippen LogP contribution in [0.4, 0.5) is 0 Å². The molecule has 98 valence electrons. The molecule has 1 rings (SSSR count). The van der Waals surface area contributed by atoms with E-state index < -0.39 is 5.97 Å². The van der Waals surface area contributed by atoms with Crippen molar-refractivity contribution in [3.8, 4) is 5.75 Å². The van der Waals surface area contributed by atoms with Crippen LogP contribution >= 0.6 is 23.4 Å². The molecule has 0 amide bonds. The quantitative estimate of drug-likeness (QED) is 0.615. The first-order valence-corrected chi connectivity index (χ1v) is 7.23. The topological polar surface area (TPSA) is 46.5 Å². The van der Waals surface area contributed by atoms with E-state index in [0.717, 1.165) is 23.8 Å². The van der Waals surface area contributed by atoms with Crippen LogP contribution in [0, 0.1) is 0 Å². The summed E-state index contributed by atoms with van der Waals surface area (Å²) in [6.45, 7) is 0.630. The lowest BCUT2D eigenvalue weighted by molar-refractivity contribution is -0.131. The summed E-state index contributed by atoms with van der Waals surface area (Å²) in [5.41, 5.74) is 0.735. The van der Waals surface area contributed by atoms with Gasteiger partial charge in [0.05, 0.1) is 11.6 Å². The number of carboxylic acid groups (broad SMARTS) is 1. The fraction of sp³-hybridized carbons (Fsp3) is 0.308. The zero-order chi connectivity index (χ0) is 13.4. The van der Waals surface area contributed by atoms with Gasteiger partial charge in [0.1, 0.15) is 5.75 Å². The van der Waals surface area contributed by atoms with Crippen molar-refractivity contribution in [1.29, 1.82) is 0 Å². The molecule has 1 aromatic rings. The van der Waals surface area contributed by atoms with Crippen LogP contribution in [-0.2, 0) is 4.79 Å². The van der Waals surface area contributed by atoms with Gasteiger partial charge in [0.25, 0.3) is 0 Å². The summed E-state index contributed by atoms with van der Waals surface area (Å²) in [6, 6.07) is 5.21. The van der Waals surface area contributed by atoms with Gasteiger partial charge in [-0.05, 0) is 42.2 Å². The fourth-order valence-corrected chi connectivity index (χ4v) is 1.94. The first-order chi connectivity index (χ1) is 8.63. The summed E-state index contributed by atoms with van der Waals surface area (Å²) in [5.74, 6) is 0.700. The Balaban J connectivity index is 2.59. The van der Waals surface area contributed by atoms with Crippen molar-refractivity contribution in [1.82, 2.24) is 0 Å². The van der Waals surface area contributed by atoms with Crippen LogP contribution in [0.2, 0.25) is 5.02 Å². The maximum Gasteiger partial charge on any atom is 0.328 e. The molecular formula is C13H15ClO3S. The second-order valence-corrected chi connectivity index (χ2v) is 4.95. The molecule has 0 radical (unpaired) electrons. The number of aliphatic carboxylic acids is 1. The van der Waals surface area contributed by atoms with Crippen LogP contribution in [0.1, 0.15) is 12.0 Å². The van der Waals surface area contributed by atoms with Gasteiger partial charge in [-0.3, -0.25) is 0 Å². The van der Waals surface area contributed by atoms with E-state index >= 15 is 0 Å². The lowest BCUT2D eigenvalue weighted by Crippen LogP contribution is -1.99. The lowest BCUT2D eigenvalue weighted by atomic mass is 10.2. The van der Waals surface area contributed by atoms with Crippen molar-refractivity contribution in [2.45, 2.75) is 6.42 Å². The second-order valence-electron chi connectivity index (χ2n) is 3.56. The molecule has 0 spiro atoms. The fourth-order valence-electron chi connectivity index (χ4n) is 1.29. The first kappa shape index (κ1) is 14.9. The molecule has 0 fully saturated rings. The summed E-state index contributed by atoms with van der Waals surface area (Å²) < 4.78 is 5.53. The Kier molecular flexibility index (Phi) is 6.68. The smallest absolute Gasteiger partial charge is 0.328 e. The van der Waals surface area contributed by atoms with Gasteiger partial charge >= 0.3 is 5.97 Å². The molecule has 0 saturated heterocycles. The van der Waals surface area contributed by atoms with Gasteiger partial charge < -0.3 is 9.84 Å². The van der Waals surface area contributed by atoms with Gasteiger partial charge in [0, 0.05) is 6.08 Å². The predicted octanol–water partition coefficient (Wildman–Crippen LogP) is 3.57. The van der Waals surface area contributed by atoms with Crippen molar-refractivity contribution in [3.63, 3.8) is 0 Å². The van der Waals surface area contributed by atoms with Gasteiger partial charge in [-0.25, -0.2) is 4.79 Å². The van der Waals surface area contributed by atoms with Crippen molar-refractivity contribution < 1.29 is 14.6 Å². The van der Waals surface area contributed by atoms with E-state index in [-0.39, 0.29) is 0 Å². The maximum absolute atomic E-state index is 10.4. The Morgan fingerprint density at radius 1 is 1.56 bits per heavy atom. The number of hydrogen-bond acceptors (Lipinski definition) is 3. The molecule has 0 aromatic heterocycles. The molecule has 0 aliphatic heterocycles. The number of ether oxygens (including phenoxy) is 1. The molecule has 0 atom stereocenters. The van der Waals surface area contributed by atoms with Crippen LogP contribution in [-0.4, -0.2) is 29.7 Å². The number of carboxylic acids is 1. The maximum atomic E-state index is 10.4. The SMILES string of the molecule is CSCCCOc1ccc(/C=C/C(=O)O)cc1Cl. The van der Waals surface area contributed by atoms with E-state index in [1.165, 1.54) is 6.08 Å². The molecule has 18 heavy (non-hydrogen) atoms. The van der Waals surface area contributed by atoms with Gasteiger partial charge in [0.15, 0.2) is 0 Å². The van der Waals surface area contributed by atoms with Crippen LogP contribution in [0.3, 0.4) is 0 Å². The molecule has 3 nitrogen and oxygen atoms in total. The molecule has 0 heterocycles. The highest BCUT2D eigenvalue weighted by atomic mass is 35.5. The summed E-state index contributed by atoms with van der Waals surface area (Å²) in [7, 11) is 0. The second kappa shape index (κ2) is 8.06. The van der Waals surface area contributed by atoms with E-state index in [0.29, 0.717) is 17.4 Å². The normalized spacial score (nSPS) is 10.8. The third-order valence-corrected chi connectivity index (χ3v) is 3.12. The molecule has 1 N–H and O–H groups in total. The van der Waals surface area contributed by atoms with E-state index in [2.05, 4.69) is 6.26 Å². The van der Waals surface area contributed by atoms with Crippen LogP contribution in [0.5, 0.6) is 5.75 Å². The Bertz CT molecular complexity index is 432. The molecule has 0 saturated carbocycles. The number of rotatable bonds is 7. The average Bonchev–Trinajstić information content (AvgIpc) is 2.34. The van der Waals surface area contributed by atoms with Crippen molar-refractivity contribution in [3.05, 3.63) is 34.9 Å². The van der Waals surface area contributed by atoms with Crippen molar-refractivity contribution in [2.75, 3.05) is 18.6 Å². The third-order valence-electron chi connectivity index (χ3n) is 2.12. The van der Waals surface area contributed by atoms with E-state index in [9.17, 15) is 4.79 Å². The van der Waals surface area contributed by atoms with Crippen LogP contribution in [0.15, 0.2) is 24.3 Å². The van der Waals surface area contributed by atoms with Crippen LogP contribution < -0.4 is 4.74 Å². The zero-order valence-electron chi connectivity index (χ0n) is 10.1. The van der Waals surface area contributed by atoms with Crippen molar-refractivity contribution >= 4 is 35.4 Å². The molecule has 0 aliphatic carbocycles. The minimum atomic E-state index is -0.983. The standard InChI is InChI=1S/C13H15ClO3S/c1-18-8-2-7-17-12-5-3-10(9-11(12)14)4-6-13(15)16/h3-6,9H,2,7-8H2,1H3,(H,15,16)/b6-4+. The zero-order valence-corrected chi connectivity index (χ0v) is 11.6. The Morgan fingerprint density at radius 3 is 2.94 bits per heavy atom. The average molecular weight is 287 g/mol. The Labute approximate surface area is 116 Å². The van der Waals surface area contributed by atoms with Gasteiger partial charge in [-0.15, -0.1) is 0 Å². The van der Waals surface area contributed by atoms with Gasteiger partial charge in [-0.1, -0.05) is 17.7 Å². The van der Waals surface area contributed by atoms with E-state index in [1.807, 2.05) is 0 Å². The molecule has 0 bridgehead atoms. The number of halogens is 1. The number of thioether (sulfide) groups is 1. The highest BCUT2D eigenvalue weighted by Gasteiger charge is 2.02. The van der Waals surface area contributed by atoms with Crippen molar-refractivity contribution in [2.24, 2.45) is 0 Å². The van der Waals surface area contributed by atoms with E-state index in [4.69, 9.17) is 21.4 Å². The first-order valence-electron chi connectivity index (χ1n) is 5.46. The Morgan fingerprint density at radius 2 is 2.33 bits per heavy atom. The monoisotopic (exact) mass is 286 g/mol. The summed E-state index contributed by atoms with van der Waals surface area (Å²) in [5, 5.41) is 9.01. The number of benzene rings is 1. The number of hydrogen-bond donors (Lipinski definition) is 1. The predicted molar refractivity (Wildman–Crippen MR) is 76.6 cm³/mol. The van der Waals surface area contributed by atoms with E-state index in [1.54, 1.807) is 30.0 Å². The number of carbonyl (C=O) groups is 1. The summed E-state index contributed by atoms with van der Waals surface area (Å²) >= 11 is 7.82.